The number of sulfonamides is 2. The lowest BCUT2D eigenvalue weighted by atomic mass is 10.2. The normalized spacial score (nSPS) is 12.1. The lowest BCUT2D eigenvalue weighted by Gasteiger charge is -2.11. The van der Waals surface area contributed by atoms with E-state index in [2.05, 4.69) is 19.7 Å². The minimum Gasteiger partial charge on any atom is -0.496 e. The van der Waals surface area contributed by atoms with E-state index in [9.17, 15) is 21.6 Å². The number of nitrogens with one attached hydrogen (secondary N) is 3. The summed E-state index contributed by atoms with van der Waals surface area (Å²) in [6.45, 7) is 3.79. The van der Waals surface area contributed by atoms with E-state index in [0.29, 0.717) is 10.2 Å². The number of amides is 1. The molecule has 0 aliphatic carbocycles. The largest absolute Gasteiger partial charge is 0.496 e. The maximum Gasteiger partial charge on any atom is 0.261 e. The van der Waals surface area contributed by atoms with Crippen LogP contribution in [0.15, 0.2) is 46.2 Å². The summed E-state index contributed by atoms with van der Waals surface area (Å²) in [6.07, 6.45) is 0. The van der Waals surface area contributed by atoms with Crippen molar-refractivity contribution in [3.63, 3.8) is 0 Å². The Morgan fingerprint density at radius 2 is 1.56 bits per heavy atom. The van der Waals surface area contributed by atoms with Gasteiger partial charge in [-0.25, -0.2) is 31.3 Å². The van der Waals surface area contributed by atoms with Crippen LogP contribution in [-0.2, 0) is 20.0 Å². The van der Waals surface area contributed by atoms with E-state index in [4.69, 9.17) is 4.74 Å². The number of aromatic nitrogens is 1. The summed E-state index contributed by atoms with van der Waals surface area (Å²) in [5.74, 6) is -0.423. The zero-order chi connectivity index (χ0) is 23.5. The molecule has 1 heterocycles. The molecule has 32 heavy (non-hydrogen) atoms. The van der Waals surface area contributed by atoms with Crippen LogP contribution in [0.25, 0.3) is 10.2 Å². The third kappa shape index (κ3) is 5.07. The Balaban J connectivity index is 1.93. The molecule has 10 nitrogen and oxygen atoms in total. The number of carbonyl (C=O) groups excluding carboxylic acids is 1. The first-order chi connectivity index (χ1) is 15.1. The van der Waals surface area contributed by atoms with E-state index >= 15 is 0 Å². The van der Waals surface area contributed by atoms with Crippen molar-refractivity contribution in [3.05, 3.63) is 42.0 Å². The first kappa shape index (κ1) is 24.1. The second-order valence-corrected chi connectivity index (χ2v) is 11.0. The number of thiazole rings is 1. The van der Waals surface area contributed by atoms with E-state index in [1.807, 2.05) is 0 Å². The van der Waals surface area contributed by atoms with E-state index in [-0.39, 0.29) is 39.3 Å². The SMILES string of the molecule is CCNS(=O)(=O)c1ccc(OC)c(C(=O)Nc2nc3ccc(S(=O)(=O)NCC)cc3s2)c1. The molecule has 2 aromatic carbocycles. The molecule has 0 spiro atoms. The van der Waals surface area contributed by atoms with Crippen molar-refractivity contribution >= 4 is 52.6 Å². The van der Waals surface area contributed by atoms with E-state index in [1.54, 1.807) is 19.9 Å². The van der Waals surface area contributed by atoms with Crippen molar-refractivity contribution in [3.8, 4) is 5.75 Å². The highest BCUT2D eigenvalue weighted by Gasteiger charge is 2.21. The molecule has 0 saturated carbocycles. The summed E-state index contributed by atoms with van der Waals surface area (Å²) in [7, 11) is -6.03. The first-order valence-electron chi connectivity index (χ1n) is 9.50. The first-order valence-corrected chi connectivity index (χ1v) is 13.3. The van der Waals surface area contributed by atoms with E-state index < -0.39 is 26.0 Å². The molecule has 1 amide bonds. The van der Waals surface area contributed by atoms with E-state index in [1.165, 1.54) is 37.4 Å². The van der Waals surface area contributed by atoms with Crippen LogP contribution in [0.2, 0.25) is 0 Å². The van der Waals surface area contributed by atoms with Gasteiger partial charge >= 0.3 is 0 Å². The van der Waals surface area contributed by atoms with Crippen molar-refractivity contribution in [1.82, 2.24) is 14.4 Å². The minimum absolute atomic E-state index is 0.0150. The standard InChI is InChI=1S/C19H22N4O6S3/c1-4-20-31(25,26)12-7-9-16(29-3)14(10-12)18(24)23-19-22-15-8-6-13(11-17(15)30-19)32(27,28)21-5-2/h6-11,20-21H,4-5H2,1-3H3,(H,22,23,24). The molecular formula is C19H22N4O6S3. The number of fused-ring (bicyclic) bond motifs is 1. The fourth-order valence-corrected chi connectivity index (χ4v) is 5.98. The van der Waals surface area contributed by atoms with Gasteiger partial charge in [-0.3, -0.25) is 10.1 Å². The molecule has 172 valence electrons. The molecule has 0 radical (unpaired) electrons. The third-order valence-corrected chi connectivity index (χ3v) is 8.31. The molecular weight excluding hydrogens is 476 g/mol. The van der Waals surface area contributed by atoms with Crippen molar-refractivity contribution < 1.29 is 26.4 Å². The molecule has 0 aliphatic rings. The number of ether oxygens (including phenoxy) is 1. The van der Waals surface area contributed by atoms with Gasteiger partial charge in [0.1, 0.15) is 5.75 Å². The van der Waals surface area contributed by atoms with Gasteiger partial charge in [-0.15, -0.1) is 0 Å². The van der Waals surface area contributed by atoms with Crippen LogP contribution in [0.3, 0.4) is 0 Å². The zero-order valence-corrected chi connectivity index (χ0v) is 19.9. The summed E-state index contributed by atoms with van der Waals surface area (Å²) in [5, 5.41) is 2.85. The maximum absolute atomic E-state index is 12.9. The quantitative estimate of drug-likeness (QED) is 0.410. The highest BCUT2D eigenvalue weighted by atomic mass is 32.2. The van der Waals surface area contributed by atoms with Gasteiger partial charge in [0.05, 0.1) is 32.7 Å². The maximum atomic E-state index is 12.9. The highest BCUT2D eigenvalue weighted by Crippen LogP contribution is 2.30. The number of carbonyl (C=O) groups is 1. The van der Waals surface area contributed by atoms with Crippen molar-refractivity contribution in [2.75, 3.05) is 25.5 Å². The van der Waals surface area contributed by atoms with Crippen LogP contribution in [-0.4, -0.2) is 47.9 Å². The van der Waals surface area contributed by atoms with Crippen LogP contribution in [0.4, 0.5) is 5.13 Å². The summed E-state index contributed by atoms with van der Waals surface area (Å²) < 4.78 is 59.6. The number of benzene rings is 2. The van der Waals surface area contributed by atoms with Crippen molar-refractivity contribution in [2.24, 2.45) is 0 Å². The monoisotopic (exact) mass is 498 g/mol. The molecule has 0 atom stereocenters. The summed E-state index contributed by atoms with van der Waals surface area (Å²) in [5.41, 5.74) is 0.525. The van der Waals surface area contributed by atoms with Gasteiger partial charge in [0.25, 0.3) is 5.91 Å². The number of methoxy groups -OCH3 is 1. The zero-order valence-electron chi connectivity index (χ0n) is 17.5. The van der Waals surface area contributed by atoms with Crippen LogP contribution in [0, 0.1) is 0 Å². The van der Waals surface area contributed by atoms with Crippen LogP contribution in [0.1, 0.15) is 24.2 Å². The van der Waals surface area contributed by atoms with Gasteiger partial charge in [0, 0.05) is 13.1 Å². The molecule has 0 bridgehead atoms. The van der Waals surface area contributed by atoms with Crippen LogP contribution in [0.5, 0.6) is 5.75 Å². The molecule has 1 aromatic heterocycles. The predicted octanol–water partition coefficient (Wildman–Crippen LogP) is 2.15. The molecule has 0 aliphatic heterocycles. The van der Waals surface area contributed by atoms with Crippen molar-refractivity contribution in [2.45, 2.75) is 23.6 Å². The van der Waals surface area contributed by atoms with Crippen molar-refractivity contribution in [1.29, 1.82) is 0 Å². The molecule has 0 unspecified atom stereocenters. The summed E-state index contributed by atoms with van der Waals surface area (Å²) in [4.78, 5) is 17.2. The smallest absolute Gasteiger partial charge is 0.261 e. The Labute approximate surface area is 190 Å². The number of hydrogen-bond donors (Lipinski definition) is 3. The fraction of sp³-hybridized carbons (Fsp3) is 0.263. The number of nitrogens with zero attached hydrogens (tertiary/aromatic N) is 1. The average molecular weight is 499 g/mol. The second-order valence-electron chi connectivity index (χ2n) is 6.47. The van der Waals surface area contributed by atoms with Crippen LogP contribution >= 0.6 is 11.3 Å². The topological polar surface area (TPSA) is 144 Å². The summed E-state index contributed by atoms with van der Waals surface area (Å²) in [6, 6.07) is 8.43. The lowest BCUT2D eigenvalue weighted by molar-refractivity contribution is 0.102. The molecule has 0 saturated heterocycles. The third-order valence-electron chi connectivity index (χ3n) is 4.29. The van der Waals surface area contributed by atoms with Gasteiger partial charge in [-0.2, -0.15) is 0 Å². The molecule has 3 aromatic rings. The van der Waals surface area contributed by atoms with Gasteiger partial charge in [-0.1, -0.05) is 25.2 Å². The second kappa shape index (κ2) is 9.50. The Morgan fingerprint density at radius 3 is 2.16 bits per heavy atom. The fourth-order valence-electron chi connectivity index (χ4n) is 2.87. The Bertz CT molecular complexity index is 1370. The predicted molar refractivity (Wildman–Crippen MR) is 122 cm³/mol. The average Bonchev–Trinajstić information content (AvgIpc) is 3.14. The van der Waals surface area contributed by atoms with Gasteiger partial charge in [0.15, 0.2) is 5.13 Å². The Morgan fingerprint density at radius 1 is 0.969 bits per heavy atom. The molecule has 3 N–H and O–H groups in total. The number of hydrogen-bond acceptors (Lipinski definition) is 8. The molecule has 3 rings (SSSR count). The van der Waals surface area contributed by atoms with Crippen LogP contribution < -0.4 is 19.5 Å². The summed E-state index contributed by atoms with van der Waals surface area (Å²) >= 11 is 1.09. The van der Waals surface area contributed by atoms with E-state index in [0.717, 1.165) is 11.3 Å². The minimum atomic E-state index is -3.77. The van der Waals surface area contributed by atoms with Gasteiger partial charge in [-0.05, 0) is 36.4 Å². The highest BCUT2D eigenvalue weighted by molar-refractivity contribution is 7.89. The van der Waals surface area contributed by atoms with Gasteiger partial charge in [0.2, 0.25) is 20.0 Å². The Kier molecular flexibility index (Phi) is 7.15. The molecule has 0 fully saturated rings. The Hall–Kier alpha value is -2.58. The molecule has 13 heteroatoms. The number of anilines is 1. The van der Waals surface area contributed by atoms with Gasteiger partial charge < -0.3 is 4.74 Å². The lowest BCUT2D eigenvalue weighted by Crippen LogP contribution is -2.23. The number of rotatable bonds is 9.